The largest absolute Gasteiger partial charge is 0.492 e. The fourth-order valence-corrected chi connectivity index (χ4v) is 3.63. The van der Waals surface area contributed by atoms with Crippen molar-refractivity contribution in [3.05, 3.63) is 42.2 Å². The maximum absolute atomic E-state index is 12.4. The summed E-state index contributed by atoms with van der Waals surface area (Å²) in [6.45, 7) is 2.93. The molecule has 0 saturated carbocycles. The van der Waals surface area contributed by atoms with Crippen molar-refractivity contribution in [2.45, 2.75) is 17.9 Å². The summed E-state index contributed by atoms with van der Waals surface area (Å²) in [7, 11) is -1.38. The molecule has 24 heavy (non-hydrogen) atoms. The molecule has 3 N–H and O–H groups in total. The summed E-state index contributed by atoms with van der Waals surface area (Å²) in [5, 5.41) is 3.34. The highest BCUT2D eigenvalue weighted by Crippen LogP contribution is 2.28. The minimum Gasteiger partial charge on any atom is -0.492 e. The topological polar surface area (TPSA) is 91.9 Å². The van der Waals surface area contributed by atoms with Crippen molar-refractivity contribution in [3.8, 4) is 5.75 Å². The Morgan fingerprint density at radius 2 is 2.21 bits per heavy atom. The summed E-state index contributed by atoms with van der Waals surface area (Å²) in [6.07, 6.45) is 3.34. The molecule has 0 amide bonds. The highest BCUT2D eigenvalue weighted by Gasteiger charge is 2.17. The van der Waals surface area contributed by atoms with Gasteiger partial charge in [-0.1, -0.05) is 18.2 Å². The van der Waals surface area contributed by atoms with Crippen LogP contribution in [-0.4, -0.2) is 32.3 Å². The van der Waals surface area contributed by atoms with Crippen LogP contribution < -0.4 is 14.8 Å². The number of hydrogen-bond acceptors (Lipinski definition) is 5. The molecule has 2 unspecified atom stereocenters. The summed E-state index contributed by atoms with van der Waals surface area (Å²) in [4.78, 5) is 12.5. The van der Waals surface area contributed by atoms with Gasteiger partial charge in [0.25, 0.3) is 0 Å². The fraction of sp³-hybridized carbons (Fsp3) is 0.250. The third kappa shape index (κ3) is 2.74. The van der Waals surface area contributed by atoms with Crippen LogP contribution in [0.1, 0.15) is 18.5 Å². The van der Waals surface area contributed by atoms with Gasteiger partial charge < -0.3 is 15.0 Å². The van der Waals surface area contributed by atoms with Crippen molar-refractivity contribution in [1.82, 2.24) is 19.7 Å². The zero-order valence-corrected chi connectivity index (χ0v) is 13.9. The molecule has 0 saturated heterocycles. The van der Waals surface area contributed by atoms with Gasteiger partial charge in [0.2, 0.25) is 0 Å². The summed E-state index contributed by atoms with van der Waals surface area (Å²) >= 11 is 0. The van der Waals surface area contributed by atoms with Crippen LogP contribution in [0.4, 0.5) is 5.82 Å². The molecule has 124 valence electrons. The van der Waals surface area contributed by atoms with E-state index in [2.05, 4.69) is 25.0 Å². The molecule has 3 aromatic rings. The van der Waals surface area contributed by atoms with Gasteiger partial charge in [-0.25, -0.2) is 18.9 Å². The van der Waals surface area contributed by atoms with Crippen LogP contribution in [-0.2, 0) is 11.0 Å². The maximum Gasteiger partial charge on any atom is 0.157 e. The lowest BCUT2D eigenvalue weighted by Crippen LogP contribution is -2.23. The van der Waals surface area contributed by atoms with Crippen molar-refractivity contribution >= 4 is 28.0 Å². The monoisotopic (exact) mass is 343 g/mol. The molecule has 0 fully saturated rings. The Hall–Kier alpha value is -2.45. The first-order valence-corrected chi connectivity index (χ1v) is 8.85. The number of ether oxygens (including phenoxy) is 1. The molecule has 4 rings (SSSR count). The molecule has 2 bridgehead atoms. The quantitative estimate of drug-likeness (QED) is 0.582. The number of fused-ring (bicyclic) bond motifs is 2. The van der Waals surface area contributed by atoms with Crippen LogP contribution in [0, 0.1) is 0 Å². The van der Waals surface area contributed by atoms with E-state index in [9.17, 15) is 4.21 Å². The van der Waals surface area contributed by atoms with Gasteiger partial charge in [-0.3, -0.25) is 0 Å². The van der Waals surface area contributed by atoms with Crippen molar-refractivity contribution in [2.24, 2.45) is 0 Å². The number of aromatic nitrogens is 3. The molecule has 8 heteroatoms. The first-order chi connectivity index (χ1) is 11.7. The second-order valence-electron chi connectivity index (χ2n) is 5.52. The van der Waals surface area contributed by atoms with Gasteiger partial charge in [-0.2, -0.15) is 0 Å². The van der Waals surface area contributed by atoms with Crippen LogP contribution in [0.5, 0.6) is 5.75 Å². The van der Waals surface area contributed by atoms with E-state index in [0.29, 0.717) is 35.0 Å². The van der Waals surface area contributed by atoms with E-state index in [-0.39, 0.29) is 6.04 Å². The van der Waals surface area contributed by atoms with Gasteiger partial charge in [-0.15, -0.1) is 0 Å². The zero-order chi connectivity index (χ0) is 16.5. The van der Waals surface area contributed by atoms with E-state index in [4.69, 9.17) is 4.74 Å². The average molecular weight is 343 g/mol. The van der Waals surface area contributed by atoms with E-state index >= 15 is 0 Å². The second-order valence-corrected chi connectivity index (χ2v) is 6.79. The number of nitrogens with zero attached hydrogens (tertiary/aromatic N) is 2. The predicted octanol–water partition coefficient (Wildman–Crippen LogP) is 2.14. The summed E-state index contributed by atoms with van der Waals surface area (Å²) < 4.78 is 21.3. The third-order valence-electron chi connectivity index (χ3n) is 3.89. The number of aromatic amines is 1. The Labute approximate surface area is 141 Å². The lowest BCUT2D eigenvalue weighted by atomic mass is 10.1. The predicted molar refractivity (Wildman–Crippen MR) is 92.3 cm³/mol. The molecular weight excluding hydrogens is 326 g/mol. The molecule has 0 radical (unpaired) electrons. The zero-order valence-electron chi connectivity index (χ0n) is 13.1. The average Bonchev–Trinajstić information content (AvgIpc) is 3.01. The second kappa shape index (κ2) is 6.21. The van der Waals surface area contributed by atoms with Gasteiger partial charge in [0.05, 0.1) is 17.1 Å². The first kappa shape index (κ1) is 15.1. The number of hydrogen-bond donors (Lipinski definition) is 3. The Bertz CT molecular complexity index is 910. The number of para-hydroxylation sites is 1. The van der Waals surface area contributed by atoms with Gasteiger partial charge >= 0.3 is 0 Å². The van der Waals surface area contributed by atoms with Crippen LogP contribution in [0.3, 0.4) is 0 Å². The van der Waals surface area contributed by atoms with Gasteiger partial charge in [0, 0.05) is 18.3 Å². The number of anilines is 1. The minimum atomic E-state index is -1.38. The van der Waals surface area contributed by atoms with Crippen LogP contribution >= 0.6 is 0 Å². The Kier molecular flexibility index (Phi) is 3.91. The van der Waals surface area contributed by atoms with Crippen LogP contribution in [0.2, 0.25) is 0 Å². The van der Waals surface area contributed by atoms with E-state index in [1.807, 2.05) is 31.2 Å². The van der Waals surface area contributed by atoms with E-state index < -0.39 is 11.0 Å². The molecule has 7 nitrogen and oxygen atoms in total. The van der Waals surface area contributed by atoms with Gasteiger partial charge in [0.15, 0.2) is 5.65 Å². The highest BCUT2D eigenvalue weighted by atomic mass is 32.2. The number of nitrogens with one attached hydrogen (secondary N) is 3. The van der Waals surface area contributed by atoms with Gasteiger partial charge in [0.1, 0.15) is 34.7 Å². The number of H-pyrrole nitrogens is 1. The summed E-state index contributed by atoms with van der Waals surface area (Å²) in [5.74, 6) is 1.43. The van der Waals surface area contributed by atoms with Crippen molar-refractivity contribution in [2.75, 3.05) is 18.5 Å². The highest BCUT2D eigenvalue weighted by molar-refractivity contribution is 7.83. The minimum absolute atomic E-state index is 0.00504. The molecule has 1 aliphatic rings. The van der Waals surface area contributed by atoms with E-state index in [1.54, 1.807) is 12.4 Å². The lowest BCUT2D eigenvalue weighted by Gasteiger charge is -2.18. The summed E-state index contributed by atoms with van der Waals surface area (Å²) in [6, 6.07) is 7.86. The normalized spacial score (nSPS) is 21.0. The van der Waals surface area contributed by atoms with Crippen molar-refractivity contribution < 1.29 is 8.95 Å². The van der Waals surface area contributed by atoms with Crippen molar-refractivity contribution in [3.63, 3.8) is 0 Å². The standard InChI is InChI=1S/C16H17N5O2S/c1-10-11-4-2-3-5-12(11)23-7-6-19-24(22)13-8-17-16-15(13)21-14(20-10)9-18-16/h2-5,8-10,19H,6-7H2,1H3,(H,17,18)(H,20,21). The lowest BCUT2D eigenvalue weighted by molar-refractivity contribution is 0.319. The maximum atomic E-state index is 12.4. The SMILES string of the molecule is CC1Nc2cnc3[nH]cc(c3n2)S(=O)NCCOc2ccccc21. The molecule has 1 aromatic carbocycles. The van der Waals surface area contributed by atoms with E-state index in [1.165, 1.54) is 0 Å². The van der Waals surface area contributed by atoms with Crippen molar-refractivity contribution in [1.29, 1.82) is 0 Å². The van der Waals surface area contributed by atoms with Crippen LogP contribution in [0.15, 0.2) is 41.6 Å². The van der Waals surface area contributed by atoms with Gasteiger partial charge in [-0.05, 0) is 13.0 Å². The first-order valence-electron chi connectivity index (χ1n) is 7.70. The fourth-order valence-electron chi connectivity index (χ4n) is 2.72. The number of benzene rings is 1. The number of rotatable bonds is 0. The van der Waals surface area contributed by atoms with Crippen LogP contribution in [0.25, 0.3) is 11.2 Å². The Morgan fingerprint density at radius 3 is 3.12 bits per heavy atom. The molecule has 1 aliphatic heterocycles. The third-order valence-corrected chi connectivity index (χ3v) is 5.07. The Morgan fingerprint density at radius 1 is 1.33 bits per heavy atom. The Balaban J connectivity index is 1.79. The molecule has 2 atom stereocenters. The summed E-state index contributed by atoms with van der Waals surface area (Å²) in [5.41, 5.74) is 2.26. The molecular formula is C16H17N5O2S. The molecule has 3 heterocycles. The van der Waals surface area contributed by atoms with E-state index in [0.717, 1.165) is 11.3 Å². The smallest absolute Gasteiger partial charge is 0.157 e. The molecule has 0 spiro atoms. The molecule has 2 aromatic heterocycles. The molecule has 0 aliphatic carbocycles.